The van der Waals surface area contributed by atoms with Gasteiger partial charge in [-0.1, -0.05) is 66.2 Å². The van der Waals surface area contributed by atoms with Crippen molar-refractivity contribution in [1.82, 2.24) is 9.55 Å². The number of nitrogens with zero attached hydrogens (tertiary/aromatic N) is 2. The molecule has 32 heavy (non-hydrogen) atoms. The maximum atomic E-state index is 12.8. The van der Waals surface area contributed by atoms with Crippen LogP contribution in [-0.4, -0.2) is 15.5 Å². The molecular weight excluding hydrogens is 422 g/mol. The third-order valence-corrected chi connectivity index (χ3v) is 5.60. The minimum atomic E-state index is -0.187. The number of para-hydroxylation sites is 3. The van der Waals surface area contributed by atoms with E-state index in [0.29, 0.717) is 16.5 Å². The number of benzene rings is 4. The predicted molar refractivity (Wildman–Crippen MR) is 128 cm³/mol. The van der Waals surface area contributed by atoms with Crippen molar-refractivity contribution in [2.75, 3.05) is 5.32 Å². The normalized spacial score (nSPS) is 11.0. The lowest BCUT2D eigenvalue weighted by molar-refractivity contribution is -0.116. The zero-order valence-corrected chi connectivity index (χ0v) is 17.9. The highest BCUT2D eigenvalue weighted by atomic mass is 35.5. The molecule has 1 amide bonds. The number of hydrogen-bond donors (Lipinski definition) is 1. The number of carbonyl (C=O) groups is 1. The van der Waals surface area contributed by atoms with Crippen LogP contribution < -0.4 is 10.1 Å². The Balaban J connectivity index is 1.39. The molecule has 0 atom stereocenters. The molecule has 5 rings (SSSR count). The molecule has 0 spiro atoms. The molecule has 1 heterocycles. The van der Waals surface area contributed by atoms with Gasteiger partial charge in [0.25, 0.3) is 0 Å². The van der Waals surface area contributed by atoms with Gasteiger partial charge in [-0.2, -0.15) is 0 Å². The van der Waals surface area contributed by atoms with Gasteiger partial charge in [0.05, 0.1) is 21.7 Å². The molecule has 0 aliphatic rings. The molecule has 0 bridgehead atoms. The third kappa shape index (κ3) is 4.15. The Morgan fingerprint density at radius 1 is 0.906 bits per heavy atom. The van der Waals surface area contributed by atoms with Crippen molar-refractivity contribution in [2.24, 2.45) is 0 Å². The summed E-state index contributed by atoms with van der Waals surface area (Å²) in [6.45, 7) is 0.342. The van der Waals surface area contributed by atoms with Crippen molar-refractivity contribution in [3.8, 4) is 5.75 Å². The highest BCUT2D eigenvalue weighted by molar-refractivity contribution is 6.33. The second kappa shape index (κ2) is 8.73. The monoisotopic (exact) mass is 441 g/mol. The van der Waals surface area contributed by atoms with Crippen molar-refractivity contribution in [3.05, 3.63) is 102 Å². The molecule has 0 saturated heterocycles. The predicted octanol–water partition coefficient (Wildman–Crippen LogP) is 6.06. The molecule has 1 N–H and O–H groups in total. The Morgan fingerprint density at radius 3 is 2.53 bits per heavy atom. The van der Waals surface area contributed by atoms with E-state index in [9.17, 15) is 4.79 Å². The number of nitrogens with one attached hydrogen (secondary N) is 1. The standard InChI is InChI=1S/C26H20ClN3O2/c27-21-9-3-4-10-22(21)29-26(31)16-30-24-12-6-5-11-23(24)28-25(30)17-32-20-14-13-18-7-1-2-8-19(18)15-20/h1-15H,16-17H2,(H,29,31). The summed E-state index contributed by atoms with van der Waals surface area (Å²) in [5.41, 5.74) is 2.27. The Morgan fingerprint density at radius 2 is 1.66 bits per heavy atom. The molecule has 1 aromatic heterocycles. The van der Waals surface area contributed by atoms with Crippen LogP contribution >= 0.6 is 11.6 Å². The van der Waals surface area contributed by atoms with Crippen LogP contribution in [0.15, 0.2) is 91.0 Å². The molecule has 0 aliphatic heterocycles. The number of halogens is 1. The lowest BCUT2D eigenvalue weighted by Crippen LogP contribution is -2.21. The summed E-state index contributed by atoms with van der Waals surface area (Å²) in [6.07, 6.45) is 0. The first-order valence-electron chi connectivity index (χ1n) is 10.3. The second-order valence-corrected chi connectivity index (χ2v) is 7.84. The molecule has 0 radical (unpaired) electrons. The molecule has 6 heteroatoms. The van der Waals surface area contributed by atoms with Crippen LogP contribution in [-0.2, 0) is 17.9 Å². The lowest BCUT2D eigenvalue weighted by Gasteiger charge is -2.12. The Hall–Kier alpha value is -3.83. The summed E-state index contributed by atoms with van der Waals surface area (Å²) in [5.74, 6) is 1.24. The summed E-state index contributed by atoms with van der Waals surface area (Å²) >= 11 is 6.18. The number of amides is 1. The van der Waals surface area contributed by atoms with Crippen LogP contribution in [0.1, 0.15) is 5.82 Å². The van der Waals surface area contributed by atoms with Gasteiger partial charge in [-0.25, -0.2) is 4.98 Å². The first-order valence-corrected chi connectivity index (χ1v) is 10.7. The number of rotatable bonds is 6. The van der Waals surface area contributed by atoms with E-state index in [1.807, 2.05) is 71.3 Å². The number of aromatic nitrogens is 2. The first-order chi connectivity index (χ1) is 15.7. The molecule has 5 aromatic rings. The van der Waals surface area contributed by atoms with Crippen LogP contribution in [0.25, 0.3) is 21.8 Å². The van der Waals surface area contributed by atoms with Crippen molar-refractivity contribution in [2.45, 2.75) is 13.2 Å². The molecule has 5 nitrogen and oxygen atoms in total. The second-order valence-electron chi connectivity index (χ2n) is 7.43. The minimum Gasteiger partial charge on any atom is -0.486 e. The van der Waals surface area contributed by atoms with Crippen LogP contribution in [0.2, 0.25) is 5.02 Å². The molecular formula is C26H20ClN3O2. The van der Waals surface area contributed by atoms with Gasteiger partial charge in [-0.3, -0.25) is 4.79 Å². The van der Waals surface area contributed by atoms with E-state index in [2.05, 4.69) is 17.4 Å². The van der Waals surface area contributed by atoms with Crippen molar-refractivity contribution >= 4 is 45.0 Å². The van der Waals surface area contributed by atoms with Crippen LogP contribution in [0.3, 0.4) is 0 Å². The van der Waals surface area contributed by atoms with Gasteiger partial charge in [-0.15, -0.1) is 0 Å². The Labute approximate surface area is 190 Å². The van der Waals surface area contributed by atoms with E-state index in [0.717, 1.165) is 27.6 Å². The number of imidazole rings is 1. The van der Waals surface area contributed by atoms with Crippen LogP contribution in [0.4, 0.5) is 5.69 Å². The SMILES string of the molecule is O=C(Cn1c(COc2ccc3ccccc3c2)nc2ccccc21)Nc1ccccc1Cl. The largest absolute Gasteiger partial charge is 0.486 e. The Bertz CT molecular complexity index is 1430. The number of fused-ring (bicyclic) bond motifs is 2. The fraction of sp³-hybridized carbons (Fsp3) is 0.0769. The zero-order valence-electron chi connectivity index (χ0n) is 17.2. The molecule has 158 valence electrons. The summed E-state index contributed by atoms with van der Waals surface area (Å²) < 4.78 is 7.93. The summed E-state index contributed by atoms with van der Waals surface area (Å²) in [5, 5.41) is 5.64. The molecule has 4 aromatic carbocycles. The van der Waals surface area contributed by atoms with Crippen molar-refractivity contribution in [3.63, 3.8) is 0 Å². The van der Waals surface area contributed by atoms with Gasteiger partial charge in [0, 0.05) is 0 Å². The average Bonchev–Trinajstić information content (AvgIpc) is 3.16. The van der Waals surface area contributed by atoms with E-state index >= 15 is 0 Å². The van der Waals surface area contributed by atoms with Gasteiger partial charge < -0.3 is 14.6 Å². The molecule has 0 fully saturated rings. The topological polar surface area (TPSA) is 56.2 Å². The molecule has 0 saturated carbocycles. The summed E-state index contributed by atoms with van der Waals surface area (Å²) in [6, 6.07) is 29.0. The maximum absolute atomic E-state index is 12.8. The van der Waals surface area contributed by atoms with E-state index in [4.69, 9.17) is 21.3 Å². The van der Waals surface area contributed by atoms with Gasteiger partial charge in [0.2, 0.25) is 5.91 Å². The zero-order chi connectivity index (χ0) is 21.9. The lowest BCUT2D eigenvalue weighted by atomic mass is 10.1. The van der Waals surface area contributed by atoms with E-state index in [1.165, 1.54) is 0 Å². The van der Waals surface area contributed by atoms with Gasteiger partial charge in [0.1, 0.15) is 24.7 Å². The molecule has 0 unspecified atom stereocenters. The van der Waals surface area contributed by atoms with E-state index < -0.39 is 0 Å². The van der Waals surface area contributed by atoms with E-state index in [1.54, 1.807) is 12.1 Å². The number of anilines is 1. The quantitative estimate of drug-likeness (QED) is 0.348. The Kier molecular flexibility index (Phi) is 5.48. The maximum Gasteiger partial charge on any atom is 0.244 e. The van der Waals surface area contributed by atoms with Crippen LogP contribution in [0, 0.1) is 0 Å². The number of ether oxygens (including phenoxy) is 1. The van der Waals surface area contributed by atoms with Crippen molar-refractivity contribution in [1.29, 1.82) is 0 Å². The minimum absolute atomic E-state index is 0.0994. The number of hydrogen-bond acceptors (Lipinski definition) is 3. The van der Waals surface area contributed by atoms with Gasteiger partial charge >= 0.3 is 0 Å². The first kappa shape index (κ1) is 20.1. The van der Waals surface area contributed by atoms with Crippen molar-refractivity contribution < 1.29 is 9.53 Å². The smallest absolute Gasteiger partial charge is 0.244 e. The summed E-state index contributed by atoms with van der Waals surface area (Å²) in [4.78, 5) is 17.5. The van der Waals surface area contributed by atoms with E-state index in [-0.39, 0.29) is 19.1 Å². The van der Waals surface area contributed by atoms with Crippen LogP contribution in [0.5, 0.6) is 5.75 Å². The highest BCUT2D eigenvalue weighted by Gasteiger charge is 2.15. The molecule has 0 aliphatic carbocycles. The number of carbonyl (C=O) groups excluding carboxylic acids is 1. The highest BCUT2D eigenvalue weighted by Crippen LogP contribution is 2.24. The van der Waals surface area contributed by atoms with Gasteiger partial charge in [0.15, 0.2) is 0 Å². The fourth-order valence-corrected chi connectivity index (χ4v) is 3.90. The fourth-order valence-electron chi connectivity index (χ4n) is 3.71. The average molecular weight is 442 g/mol. The summed E-state index contributed by atoms with van der Waals surface area (Å²) in [7, 11) is 0. The van der Waals surface area contributed by atoms with Gasteiger partial charge in [-0.05, 0) is 47.2 Å². The third-order valence-electron chi connectivity index (χ3n) is 5.27.